The largest absolute Gasteiger partial charge is 0.495 e. The Kier molecular flexibility index (Phi) is 5.03. The van der Waals surface area contributed by atoms with Crippen molar-refractivity contribution >= 4 is 29.2 Å². The predicted octanol–water partition coefficient (Wildman–Crippen LogP) is 6.13. The molecule has 0 amide bonds. The first-order valence-corrected chi connectivity index (χ1v) is 9.36. The van der Waals surface area contributed by atoms with Gasteiger partial charge >= 0.3 is 0 Å². The van der Waals surface area contributed by atoms with Crippen LogP contribution >= 0.6 is 11.6 Å². The summed E-state index contributed by atoms with van der Waals surface area (Å²) in [5.74, 6) is 1.19. The van der Waals surface area contributed by atoms with E-state index in [0.29, 0.717) is 16.7 Å². The number of fused-ring (bicyclic) bond motifs is 1. The van der Waals surface area contributed by atoms with Crippen molar-refractivity contribution in [2.24, 2.45) is 4.99 Å². The smallest absolute Gasteiger partial charge is 0.137 e. The highest BCUT2D eigenvalue weighted by atomic mass is 35.5. The van der Waals surface area contributed by atoms with E-state index in [4.69, 9.17) is 16.3 Å². The van der Waals surface area contributed by atoms with Crippen LogP contribution in [0.4, 0.5) is 11.4 Å². The second-order valence-electron chi connectivity index (χ2n) is 7.82. The molecule has 0 bridgehead atoms. The number of aryl methyl sites for hydroxylation is 1. The van der Waals surface area contributed by atoms with E-state index < -0.39 is 0 Å². The van der Waals surface area contributed by atoms with Gasteiger partial charge in [-0.1, -0.05) is 18.5 Å². The summed E-state index contributed by atoms with van der Waals surface area (Å²) in [6.07, 6.45) is 3.07. The molecule has 0 N–H and O–H groups in total. The van der Waals surface area contributed by atoms with Gasteiger partial charge in [0, 0.05) is 24.5 Å². The normalized spacial score (nSPS) is 18.9. The number of aliphatic imine (C=N–C) groups is 1. The molecule has 0 saturated carbocycles. The highest BCUT2D eigenvalue weighted by Crippen LogP contribution is 2.43. The zero-order valence-electron chi connectivity index (χ0n) is 16.4. The Morgan fingerprint density at radius 1 is 1.27 bits per heavy atom. The van der Waals surface area contributed by atoms with Crippen LogP contribution in [0.3, 0.4) is 0 Å². The van der Waals surface area contributed by atoms with Gasteiger partial charge < -0.3 is 9.64 Å². The Morgan fingerprint density at radius 2 is 2.00 bits per heavy atom. The molecule has 2 aromatic rings. The minimum absolute atomic E-state index is 0.175. The molecule has 4 heteroatoms. The third-order valence-corrected chi connectivity index (χ3v) is 5.80. The lowest BCUT2D eigenvalue weighted by Crippen LogP contribution is -2.45. The van der Waals surface area contributed by atoms with Gasteiger partial charge in [-0.15, -0.1) is 0 Å². The zero-order chi connectivity index (χ0) is 19.1. The van der Waals surface area contributed by atoms with E-state index in [-0.39, 0.29) is 5.54 Å². The number of hydrogen-bond donors (Lipinski definition) is 0. The summed E-state index contributed by atoms with van der Waals surface area (Å²) in [6, 6.07) is 10.1. The number of ether oxygens (including phenoxy) is 1. The molecule has 26 heavy (non-hydrogen) atoms. The lowest BCUT2D eigenvalue weighted by atomic mass is 9.79. The van der Waals surface area contributed by atoms with Gasteiger partial charge in [-0.2, -0.15) is 0 Å². The van der Waals surface area contributed by atoms with Gasteiger partial charge in [0.25, 0.3) is 0 Å². The minimum atomic E-state index is 0.175. The third-order valence-electron chi connectivity index (χ3n) is 5.51. The number of benzene rings is 2. The van der Waals surface area contributed by atoms with E-state index >= 15 is 0 Å². The van der Waals surface area contributed by atoms with Gasteiger partial charge in [-0.05, 0) is 80.1 Å². The molecule has 1 atom stereocenters. The molecule has 1 aliphatic rings. The van der Waals surface area contributed by atoms with Gasteiger partial charge in [-0.25, -0.2) is 0 Å². The average molecular weight is 371 g/mol. The van der Waals surface area contributed by atoms with E-state index in [1.54, 1.807) is 7.11 Å². The predicted molar refractivity (Wildman–Crippen MR) is 112 cm³/mol. The zero-order valence-corrected chi connectivity index (χ0v) is 17.2. The molecule has 0 saturated heterocycles. The van der Waals surface area contributed by atoms with Gasteiger partial charge in [-0.3, -0.25) is 4.99 Å². The Balaban J connectivity index is 1.95. The van der Waals surface area contributed by atoms with Crippen molar-refractivity contribution in [3.05, 3.63) is 52.0 Å². The first kappa shape index (κ1) is 18.8. The molecule has 2 aromatic carbocycles. The fraction of sp³-hybridized carbons (Fsp3) is 0.409. The van der Waals surface area contributed by atoms with E-state index in [1.165, 1.54) is 16.8 Å². The highest BCUT2D eigenvalue weighted by molar-refractivity contribution is 6.32. The topological polar surface area (TPSA) is 24.8 Å². The molecule has 138 valence electrons. The van der Waals surface area contributed by atoms with Crippen LogP contribution in [-0.4, -0.2) is 25.9 Å². The summed E-state index contributed by atoms with van der Waals surface area (Å²) in [7, 11) is 3.80. The summed E-state index contributed by atoms with van der Waals surface area (Å²) < 4.78 is 5.19. The van der Waals surface area contributed by atoms with Crippen LogP contribution < -0.4 is 9.64 Å². The van der Waals surface area contributed by atoms with Crippen LogP contribution in [0.2, 0.25) is 5.02 Å². The summed E-state index contributed by atoms with van der Waals surface area (Å²) >= 11 is 6.19. The number of hydrogen-bond acceptors (Lipinski definition) is 3. The average Bonchev–Trinajstić information content (AvgIpc) is 2.58. The third kappa shape index (κ3) is 3.45. The lowest BCUT2D eigenvalue weighted by Gasteiger charge is -2.45. The maximum atomic E-state index is 6.19. The number of nitrogens with zero attached hydrogens (tertiary/aromatic N) is 2. The van der Waals surface area contributed by atoms with E-state index in [0.717, 1.165) is 17.7 Å². The van der Waals surface area contributed by atoms with Crippen molar-refractivity contribution in [3.8, 4) is 5.75 Å². The monoisotopic (exact) mass is 370 g/mol. The molecule has 1 heterocycles. The van der Waals surface area contributed by atoms with Crippen molar-refractivity contribution < 1.29 is 4.74 Å². The van der Waals surface area contributed by atoms with E-state index in [9.17, 15) is 0 Å². The fourth-order valence-corrected chi connectivity index (χ4v) is 4.01. The van der Waals surface area contributed by atoms with E-state index in [1.807, 2.05) is 24.4 Å². The summed E-state index contributed by atoms with van der Waals surface area (Å²) in [4.78, 5) is 7.02. The lowest BCUT2D eigenvalue weighted by molar-refractivity contribution is 0.395. The van der Waals surface area contributed by atoms with Gasteiger partial charge in [0.1, 0.15) is 5.75 Å². The van der Waals surface area contributed by atoms with Crippen molar-refractivity contribution in [3.63, 3.8) is 0 Å². The van der Waals surface area contributed by atoms with Crippen LogP contribution in [0.5, 0.6) is 5.75 Å². The molecule has 1 aliphatic heterocycles. The standard InChI is InChI=1S/C22H27ClN2O/c1-14-9-20-18(15(2)12-22(3,4)25(20)5)10-16(14)13-24-17-7-8-21(26-6)19(23)11-17/h7-11,13,15H,12H2,1-6H3/t15-/m1/s1. The van der Waals surface area contributed by atoms with E-state index in [2.05, 4.69) is 56.8 Å². The first-order valence-electron chi connectivity index (χ1n) is 8.99. The molecule has 0 spiro atoms. The fourth-order valence-electron chi connectivity index (χ4n) is 3.75. The highest BCUT2D eigenvalue weighted by Gasteiger charge is 2.34. The van der Waals surface area contributed by atoms with Crippen molar-refractivity contribution in [2.75, 3.05) is 19.1 Å². The first-order chi connectivity index (χ1) is 12.2. The Morgan fingerprint density at radius 3 is 2.65 bits per heavy atom. The molecular formula is C22H27ClN2O. The number of halogens is 1. The molecule has 0 aliphatic carbocycles. The van der Waals surface area contributed by atoms with Gasteiger partial charge in [0.2, 0.25) is 0 Å². The van der Waals surface area contributed by atoms with Gasteiger partial charge in [0.05, 0.1) is 17.8 Å². The van der Waals surface area contributed by atoms with Crippen molar-refractivity contribution in [1.29, 1.82) is 0 Å². The Bertz CT molecular complexity index is 857. The maximum absolute atomic E-state index is 6.19. The van der Waals surface area contributed by atoms with Crippen LogP contribution in [0, 0.1) is 6.92 Å². The SMILES string of the molecule is COc1ccc(N=Cc2cc3c(cc2C)N(C)C(C)(C)C[C@H]3C)cc1Cl. The summed E-state index contributed by atoms with van der Waals surface area (Å²) in [6.45, 7) is 9.07. The summed E-state index contributed by atoms with van der Waals surface area (Å²) in [5.41, 5.74) is 6.09. The molecule has 0 aromatic heterocycles. The molecule has 0 unspecified atom stereocenters. The van der Waals surface area contributed by atoms with Crippen LogP contribution in [-0.2, 0) is 0 Å². The molecule has 3 nitrogen and oxygen atoms in total. The molecule has 0 radical (unpaired) electrons. The molecule has 0 fully saturated rings. The van der Waals surface area contributed by atoms with Crippen LogP contribution in [0.1, 0.15) is 49.8 Å². The summed E-state index contributed by atoms with van der Waals surface area (Å²) in [5, 5.41) is 0.571. The quantitative estimate of drug-likeness (QED) is 0.607. The second-order valence-corrected chi connectivity index (χ2v) is 8.23. The van der Waals surface area contributed by atoms with Gasteiger partial charge in [0.15, 0.2) is 0 Å². The number of rotatable bonds is 3. The number of methoxy groups -OCH3 is 1. The molecule has 3 rings (SSSR count). The van der Waals surface area contributed by atoms with Crippen LogP contribution in [0.25, 0.3) is 0 Å². The molecular weight excluding hydrogens is 344 g/mol. The maximum Gasteiger partial charge on any atom is 0.137 e. The Hall–Kier alpha value is -2.00. The number of anilines is 1. The van der Waals surface area contributed by atoms with Crippen LogP contribution in [0.15, 0.2) is 35.3 Å². The minimum Gasteiger partial charge on any atom is -0.495 e. The second kappa shape index (κ2) is 6.96. The Labute approximate surface area is 161 Å². The van der Waals surface area contributed by atoms with Crippen molar-refractivity contribution in [1.82, 2.24) is 0 Å². The van der Waals surface area contributed by atoms with Crippen molar-refractivity contribution in [2.45, 2.75) is 45.6 Å².